The van der Waals surface area contributed by atoms with Gasteiger partial charge in [0.15, 0.2) is 12.1 Å². The van der Waals surface area contributed by atoms with Gasteiger partial charge < -0.3 is 30.0 Å². The topological polar surface area (TPSA) is 121 Å². The zero-order valence-corrected chi connectivity index (χ0v) is 30.7. The van der Waals surface area contributed by atoms with Gasteiger partial charge in [-0.15, -0.1) is 0 Å². The van der Waals surface area contributed by atoms with Crippen LogP contribution in [-0.2, 0) is 19.9 Å². The first-order valence-electron chi connectivity index (χ1n) is 18.1. The Kier molecular flexibility index (Phi) is 11.2. The maximum absolute atomic E-state index is 14.6. The molecule has 2 atom stereocenters. The van der Waals surface area contributed by atoms with Crippen LogP contribution in [0.3, 0.4) is 0 Å². The van der Waals surface area contributed by atoms with Gasteiger partial charge in [-0.2, -0.15) is 0 Å². The van der Waals surface area contributed by atoms with E-state index in [4.69, 9.17) is 24.7 Å². The fourth-order valence-corrected chi connectivity index (χ4v) is 7.20. The summed E-state index contributed by atoms with van der Waals surface area (Å²) in [5.41, 5.74) is 12.8. The highest BCUT2D eigenvalue weighted by molar-refractivity contribution is 5.88. The highest BCUT2D eigenvalue weighted by Gasteiger charge is 2.43. The molecule has 0 aromatic heterocycles. The monoisotopic (exact) mass is 733 g/mol. The molecule has 1 aliphatic carbocycles. The van der Waals surface area contributed by atoms with Gasteiger partial charge >= 0.3 is 5.97 Å². The minimum absolute atomic E-state index is 0.102. The first kappa shape index (κ1) is 36.9. The fourth-order valence-electron chi connectivity index (χ4n) is 7.20. The molecule has 7 rings (SSSR count). The minimum Gasteiger partial charge on any atom is -0.497 e. The van der Waals surface area contributed by atoms with Crippen LogP contribution in [0.2, 0.25) is 0 Å². The quantitative estimate of drug-likeness (QED) is 0.0756. The van der Waals surface area contributed by atoms with Crippen LogP contribution < -0.4 is 30.6 Å². The van der Waals surface area contributed by atoms with Crippen molar-refractivity contribution in [2.24, 2.45) is 5.73 Å². The highest BCUT2D eigenvalue weighted by Crippen LogP contribution is 2.45. The summed E-state index contributed by atoms with van der Waals surface area (Å²) in [4.78, 5) is 27.2. The Morgan fingerprint density at radius 1 is 0.691 bits per heavy atom. The molecule has 0 fully saturated rings. The second kappa shape index (κ2) is 16.7. The molecule has 0 aliphatic heterocycles. The number of fused-ring (bicyclic) bond motifs is 3. The lowest BCUT2D eigenvalue weighted by Gasteiger charge is -2.31. The van der Waals surface area contributed by atoms with E-state index < -0.39 is 11.5 Å². The van der Waals surface area contributed by atoms with E-state index >= 15 is 0 Å². The van der Waals surface area contributed by atoms with Crippen LogP contribution in [0.15, 0.2) is 152 Å². The van der Waals surface area contributed by atoms with E-state index in [1.165, 1.54) is 7.11 Å². The van der Waals surface area contributed by atoms with Crippen LogP contribution in [0.5, 0.6) is 17.2 Å². The number of nitrogens with two attached hydrogens (primary N) is 1. The largest absolute Gasteiger partial charge is 0.497 e. The molecule has 0 bridgehead atoms. The van der Waals surface area contributed by atoms with Crippen molar-refractivity contribution in [2.75, 3.05) is 34.1 Å². The summed E-state index contributed by atoms with van der Waals surface area (Å²) >= 11 is 0. The molecule has 2 unspecified atom stereocenters. The highest BCUT2D eigenvalue weighted by atomic mass is 16.5. The van der Waals surface area contributed by atoms with Gasteiger partial charge in [0.25, 0.3) is 5.91 Å². The second-order valence-corrected chi connectivity index (χ2v) is 13.2. The van der Waals surface area contributed by atoms with Gasteiger partial charge in [0, 0.05) is 17.5 Å². The molecule has 6 aromatic carbocycles. The summed E-state index contributed by atoms with van der Waals surface area (Å²) in [6.45, 7) is 0.173. The van der Waals surface area contributed by atoms with E-state index in [0.29, 0.717) is 28.4 Å². The molecule has 0 radical (unpaired) electrons. The van der Waals surface area contributed by atoms with Crippen molar-refractivity contribution in [3.8, 4) is 28.4 Å². The summed E-state index contributed by atoms with van der Waals surface area (Å²) in [5.74, 6) is 0.529. The Balaban J connectivity index is 1.15. The maximum atomic E-state index is 14.6. The summed E-state index contributed by atoms with van der Waals surface area (Å²) in [6, 6.07) is 47.9. The minimum atomic E-state index is -1.75. The van der Waals surface area contributed by atoms with Crippen molar-refractivity contribution in [3.63, 3.8) is 0 Å². The molecule has 0 heterocycles. The van der Waals surface area contributed by atoms with Crippen LogP contribution in [0.25, 0.3) is 11.1 Å². The molecule has 0 saturated carbocycles. The van der Waals surface area contributed by atoms with Gasteiger partial charge in [0.2, 0.25) is 0 Å². The van der Waals surface area contributed by atoms with Crippen molar-refractivity contribution in [2.45, 2.75) is 17.5 Å². The number of benzene rings is 6. The van der Waals surface area contributed by atoms with Crippen molar-refractivity contribution < 1.29 is 28.5 Å². The molecule has 4 N–H and O–H groups in total. The molecule has 6 aromatic rings. The molecular formula is C46H43N3O6. The summed E-state index contributed by atoms with van der Waals surface area (Å²) in [5, 5.41) is 6.33. The van der Waals surface area contributed by atoms with Crippen LogP contribution in [0.1, 0.15) is 45.3 Å². The Bertz CT molecular complexity index is 2200. The van der Waals surface area contributed by atoms with Gasteiger partial charge in [-0.1, -0.05) is 121 Å². The lowest BCUT2D eigenvalue weighted by atomic mass is 9.82. The molecule has 9 nitrogen and oxygen atoms in total. The summed E-state index contributed by atoms with van der Waals surface area (Å²) < 4.78 is 23.1. The number of amides is 1. The van der Waals surface area contributed by atoms with Crippen molar-refractivity contribution in [1.29, 1.82) is 0 Å². The number of hydrogen-bond acceptors (Lipinski definition) is 8. The van der Waals surface area contributed by atoms with Crippen LogP contribution in [-0.4, -0.2) is 46.0 Å². The third-order valence-electron chi connectivity index (χ3n) is 10.0. The first-order chi connectivity index (χ1) is 26.9. The van der Waals surface area contributed by atoms with Crippen molar-refractivity contribution >= 4 is 11.9 Å². The molecule has 0 spiro atoms. The van der Waals surface area contributed by atoms with E-state index in [-0.39, 0.29) is 37.7 Å². The molecule has 1 aliphatic rings. The van der Waals surface area contributed by atoms with Crippen molar-refractivity contribution in [3.05, 3.63) is 185 Å². The third kappa shape index (κ3) is 7.80. The number of esters is 1. The maximum Gasteiger partial charge on any atom is 0.335 e. The van der Waals surface area contributed by atoms with Crippen LogP contribution in [0.4, 0.5) is 0 Å². The second-order valence-electron chi connectivity index (χ2n) is 13.2. The molecule has 55 heavy (non-hydrogen) atoms. The van der Waals surface area contributed by atoms with Gasteiger partial charge in [-0.3, -0.25) is 10.1 Å². The molecule has 0 saturated heterocycles. The number of nitrogens with one attached hydrogen (secondary N) is 2. The smallest absolute Gasteiger partial charge is 0.335 e. The van der Waals surface area contributed by atoms with Gasteiger partial charge in [-0.05, 0) is 63.2 Å². The zero-order valence-electron chi connectivity index (χ0n) is 30.7. The van der Waals surface area contributed by atoms with Gasteiger partial charge in [0.05, 0.1) is 26.9 Å². The summed E-state index contributed by atoms with van der Waals surface area (Å²) in [6.07, 6.45) is 0. The van der Waals surface area contributed by atoms with E-state index in [2.05, 4.69) is 34.9 Å². The number of carbonyl (C=O) groups excluding carboxylic acids is 2. The normalized spacial score (nSPS) is 13.4. The Hall–Kier alpha value is -6.42. The van der Waals surface area contributed by atoms with E-state index in [1.807, 2.05) is 97.1 Å². The number of methoxy groups -OCH3 is 2. The number of carbonyl (C=O) groups is 2. The lowest BCUT2D eigenvalue weighted by Crippen LogP contribution is -2.47. The predicted octanol–water partition coefficient (Wildman–Crippen LogP) is 7.09. The summed E-state index contributed by atoms with van der Waals surface area (Å²) in [7, 11) is 3.10. The SMILES string of the molecule is COc1ccc(C(N)(C(=O)OCC2c3ccccc3-c3ccccc32)c2ccc(C(NCNC(=O)COc3ccccc3)c3ccccc3)cc2)c(OC)c1. The standard InChI is InChI=1S/C46H43N3O6/c1-52-35-25-26-41(42(27-35)53-2)46(47,45(51)55-28-40-38-19-11-9-17-36(38)37-18-10-12-20-39(37)40)33-23-21-32(22-24-33)44(31-13-5-3-6-14-31)49-30-48-43(50)29-54-34-15-7-4-8-16-34/h3-27,40,44,49H,28-30,47H2,1-2H3,(H,48,50). The molecule has 278 valence electrons. The Morgan fingerprint density at radius 3 is 1.93 bits per heavy atom. The van der Waals surface area contributed by atoms with Gasteiger partial charge in [0.1, 0.15) is 23.9 Å². The van der Waals surface area contributed by atoms with Crippen LogP contribution in [0, 0.1) is 0 Å². The predicted molar refractivity (Wildman–Crippen MR) is 212 cm³/mol. The van der Waals surface area contributed by atoms with E-state index in [1.54, 1.807) is 37.4 Å². The number of hydrogen-bond donors (Lipinski definition) is 3. The van der Waals surface area contributed by atoms with Crippen molar-refractivity contribution in [1.82, 2.24) is 10.6 Å². The fraction of sp³-hybridized carbons (Fsp3) is 0.174. The van der Waals surface area contributed by atoms with Crippen LogP contribution >= 0.6 is 0 Å². The lowest BCUT2D eigenvalue weighted by molar-refractivity contribution is -0.149. The van der Waals surface area contributed by atoms with E-state index in [0.717, 1.165) is 33.4 Å². The Morgan fingerprint density at radius 2 is 1.29 bits per heavy atom. The number of para-hydroxylation sites is 1. The average molecular weight is 734 g/mol. The number of ether oxygens (including phenoxy) is 4. The zero-order chi connectivity index (χ0) is 38.2. The van der Waals surface area contributed by atoms with E-state index in [9.17, 15) is 9.59 Å². The Labute approximate surface area is 321 Å². The molecule has 9 heteroatoms. The molecular weight excluding hydrogens is 691 g/mol. The number of rotatable bonds is 15. The average Bonchev–Trinajstić information content (AvgIpc) is 3.57. The third-order valence-corrected chi connectivity index (χ3v) is 10.0. The van der Waals surface area contributed by atoms with Gasteiger partial charge in [-0.25, -0.2) is 4.79 Å². The first-order valence-corrected chi connectivity index (χ1v) is 18.1. The molecule has 1 amide bonds.